The van der Waals surface area contributed by atoms with Gasteiger partial charge in [-0.15, -0.1) is 11.3 Å². The molecule has 3 aromatic heterocycles. The highest BCUT2D eigenvalue weighted by atomic mass is 35.5. The SMILES string of the molecule is COC(=O)c1nc(N2CCN(c3ccnc4cc(Cl)ccc34)CC2)c2sccc2n1. The van der Waals surface area contributed by atoms with Gasteiger partial charge in [0.2, 0.25) is 5.82 Å². The molecule has 7 nitrogen and oxygen atoms in total. The number of ether oxygens (including phenoxy) is 1. The molecule has 152 valence electrons. The molecule has 0 spiro atoms. The highest BCUT2D eigenvalue weighted by molar-refractivity contribution is 7.17. The van der Waals surface area contributed by atoms with E-state index in [2.05, 4.69) is 24.8 Å². The molecule has 4 heterocycles. The summed E-state index contributed by atoms with van der Waals surface area (Å²) < 4.78 is 5.81. The number of hydrogen-bond acceptors (Lipinski definition) is 8. The molecule has 0 amide bonds. The zero-order chi connectivity index (χ0) is 20.7. The molecule has 1 saturated heterocycles. The number of carbonyl (C=O) groups is 1. The lowest BCUT2D eigenvalue weighted by molar-refractivity contribution is 0.0587. The predicted octanol–water partition coefficient (Wildman–Crippen LogP) is 4.01. The molecule has 0 unspecified atom stereocenters. The van der Waals surface area contributed by atoms with Crippen LogP contribution < -0.4 is 9.80 Å². The predicted molar refractivity (Wildman–Crippen MR) is 120 cm³/mol. The largest absolute Gasteiger partial charge is 0.463 e. The number of anilines is 2. The van der Waals surface area contributed by atoms with Crippen LogP contribution in [-0.4, -0.2) is 54.2 Å². The van der Waals surface area contributed by atoms with Crippen LogP contribution in [0.1, 0.15) is 10.6 Å². The van der Waals surface area contributed by atoms with Crippen molar-refractivity contribution >= 4 is 61.5 Å². The van der Waals surface area contributed by atoms with Crippen molar-refractivity contribution in [3.63, 3.8) is 0 Å². The Morgan fingerprint density at radius 2 is 1.87 bits per heavy atom. The molecule has 9 heteroatoms. The van der Waals surface area contributed by atoms with Gasteiger partial charge in [-0.2, -0.15) is 0 Å². The molecule has 0 aliphatic carbocycles. The van der Waals surface area contributed by atoms with Crippen LogP contribution in [0.15, 0.2) is 41.9 Å². The van der Waals surface area contributed by atoms with Crippen LogP contribution in [0.4, 0.5) is 11.5 Å². The zero-order valence-corrected chi connectivity index (χ0v) is 17.8. The molecule has 0 bridgehead atoms. The Balaban J connectivity index is 1.43. The molecule has 1 aliphatic heterocycles. The second-order valence-electron chi connectivity index (χ2n) is 6.96. The Hall–Kier alpha value is -2.97. The van der Waals surface area contributed by atoms with Gasteiger partial charge in [-0.25, -0.2) is 14.8 Å². The number of rotatable bonds is 3. The number of thiophene rings is 1. The first-order valence-corrected chi connectivity index (χ1v) is 10.8. The third-order valence-electron chi connectivity index (χ3n) is 5.26. The summed E-state index contributed by atoms with van der Waals surface area (Å²) >= 11 is 7.71. The summed E-state index contributed by atoms with van der Waals surface area (Å²) in [6.07, 6.45) is 1.82. The van der Waals surface area contributed by atoms with Crippen LogP contribution in [0.2, 0.25) is 5.02 Å². The Bertz CT molecular complexity index is 1250. The number of piperazine rings is 1. The van der Waals surface area contributed by atoms with Gasteiger partial charge in [0, 0.05) is 48.5 Å². The number of esters is 1. The van der Waals surface area contributed by atoms with Crippen LogP contribution in [0.3, 0.4) is 0 Å². The van der Waals surface area contributed by atoms with Crippen molar-refractivity contribution < 1.29 is 9.53 Å². The first-order valence-electron chi connectivity index (χ1n) is 9.52. The van der Waals surface area contributed by atoms with E-state index in [-0.39, 0.29) is 5.82 Å². The van der Waals surface area contributed by atoms with E-state index in [0.29, 0.717) is 5.02 Å². The Kier molecular flexibility index (Phi) is 4.88. The van der Waals surface area contributed by atoms with Crippen molar-refractivity contribution in [2.24, 2.45) is 0 Å². The molecular formula is C21H18ClN5O2S. The maximum atomic E-state index is 12.0. The second-order valence-corrected chi connectivity index (χ2v) is 8.32. The topological polar surface area (TPSA) is 71.5 Å². The Morgan fingerprint density at radius 3 is 2.67 bits per heavy atom. The lowest BCUT2D eigenvalue weighted by Crippen LogP contribution is -2.47. The summed E-state index contributed by atoms with van der Waals surface area (Å²) in [4.78, 5) is 29.9. The van der Waals surface area contributed by atoms with Gasteiger partial charge in [-0.3, -0.25) is 4.98 Å². The van der Waals surface area contributed by atoms with Gasteiger partial charge in [0.1, 0.15) is 0 Å². The van der Waals surface area contributed by atoms with E-state index < -0.39 is 5.97 Å². The molecule has 5 rings (SSSR count). The lowest BCUT2D eigenvalue weighted by atomic mass is 10.1. The smallest absolute Gasteiger partial charge is 0.376 e. The van der Waals surface area contributed by atoms with Gasteiger partial charge in [0.15, 0.2) is 5.82 Å². The van der Waals surface area contributed by atoms with Crippen molar-refractivity contribution in [1.29, 1.82) is 0 Å². The molecule has 4 aromatic rings. The van der Waals surface area contributed by atoms with Gasteiger partial charge in [-0.05, 0) is 35.7 Å². The standard InChI is InChI=1S/C21H18ClN5O2S/c1-29-21(28)19-24-15-5-11-30-18(15)20(25-19)27-9-7-26(8-10-27)17-4-6-23-16-12-13(22)2-3-14(16)17/h2-6,11-12H,7-10H2,1H3. The first-order chi connectivity index (χ1) is 14.6. The molecule has 1 aliphatic rings. The summed E-state index contributed by atoms with van der Waals surface area (Å²) in [7, 11) is 1.34. The monoisotopic (exact) mass is 439 g/mol. The number of methoxy groups -OCH3 is 1. The van der Waals surface area contributed by atoms with Crippen molar-refractivity contribution in [3.05, 3.63) is 52.8 Å². The van der Waals surface area contributed by atoms with Crippen LogP contribution >= 0.6 is 22.9 Å². The minimum atomic E-state index is -0.523. The number of fused-ring (bicyclic) bond motifs is 2. The lowest BCUT2D eigenvalue weighted by Gasteiger charge is -2.37. The van der Waals surface area contributed by atoms with Crippen molar-refractivity contribution in [1.82, 2.24) is 15.0 Å². The van der Waals surface area contributed by atoms with Gasteiger partial charge in [0.25, 0.3) is 0 Å². The Labute approximate surface area is 181 Å². The van der Waals surface area contributed by atoms with Crippen molar-refractivity contribution in [3.8, 4) is 0 Å². The van der Waals surface area contributed by atoms with Crippen LogP contribution in [-0.2, 0) is 4.74 Å². The molecule has 0 N–H and O–H groups in total. The summed E-state index contributed by atoms with van der Waals surface area (Å²) in [5.41, 5.74) is 2.81. The highest BCUT2D eigenvalue weighted by Crippen LogP contribution is 2.32. The first kappa shape index (κ1) is 19.0. The Morgan fingerprint density at radius 1 is 1.07 bits per heavy atom. The van der Waals surface area contributed by atoms with E-state index in [0.717, 1.165) is 58.8 Å². The minimum Gasteiger partial charge on any atom is -0.463 e. The van der Waals surface area contributed by atoms with Gasteiger partial charge >= 0.3 is 5.97 Å². The van der Waals surface area contributed by atoms with E-state index in [1.54, 1.807) is 11.3 Å². The van der Waals surface area contributed by atoms with E-state index in [1.165, 1.54) is 7.11 Å². The van der Waals surface area contributed by atoms with Crippen molar-refractivity contribution in [2.75, 3.05) is 43.1 Å². The summed E-state index contributed by atoms with van der Waals surface area (Å²) in [5, 5.41) is 3.74. The summed E-state index contributed by atoms with van der Waals surface area (Å²) in [6, 6.07) is 9.76. The molecule has 30 heavy (non-hydrogen) atoms. The van der Waals surface area contributed by atoms with Gasteiger partial charge in [0.05, 0.1) is 22.8 Å². The zero-order valence-electron chi connectivity index (χ0n) is 16.2. The number of hydrogen-bond donors (Lipinski definition) is 0. The number of carbonyl (C=O) groups excluding carboxylic acids is 1. The molecule has 1 fully saturated rings. The number of nitrogens with zero attached hydrogens (tertiary/aromatic N) is 5. The summed E-state index contributed by atoms with van der Waals surface area (Å²) in [6.45, 7) is 3.21. The summed E-state index contributed by atoms with van der Waals surface area (Å²) in [5.74, 6) is 0.365. The number of pyridine rings is 1. The third kappa shape index (κ3) is 3.32. The van der Waals surface area contributed by atoms with E-state index in [1.807, 2.05) is 41.9 Å². The average molecular weight is 440 g/mol. The molecule has 0 radical (unpaired) electrons. The van der Waals surface area contributed by atoms with E-state index in [9.17, 15) is 4.79 Å². The minimum absolute atomic E-state index is 0.0952. The van der Waals surface area contributed by atoms with E-state index in [4.69, 9.17) is 16.3 Å². The normalized spacial score (nSPS) is 14.5. The highest BCUT2D eigenvalue weighted by Gasteiger charge is 2.24. The van der Waals surface area contributed by atoms with Crippen LogP contribution in [0, 0.1) is 0 Å². The van der Waals surface area contributed by atoms with Gasteiger partial charge < -0.3 is 14.5 Å². The fourth-order valence-corrected chi connectivity index (χ4v) is 4.80. The van der Waals surface area contributed by atoms with Crippen molar-refractivity contribution in [2.45, 2.75) is 0 Å². The quantitative estimate of drug-likeness (QED) is 0.446. The maximum absolute atomic E-state index is 12.0. The molecule has 0 saturated carbocycles. The fraction of sp³-hybridized carbons (Fsp3) is 0.238. The third-order valence-corrected chi connectivity index (χ3v) is 6.39. The fourth-order valence-electron chi connectivity index (χ4n) is 3.79. The van der Waals surface area contributed by atoms with Gasteiger partial charge in [-0.1, -0.05) is 11.6 Å². The second kappa shape index (κ2) is 7.70. The van der Waals surface area contributed by atoms with E-state index >= 15 is 0 Å². The molecule has 0 atom stereocenters. The average Bonchev–Trinajstić information content (AvgIpc) is 3.26. The van der Waals surface area contributed by atoms with Crippen LogP contribution in [0.5, 0.6) is 0 Å². The molecular weight excluding hydrogens is 422 g/mol. The maximum Gasteiger partial charge on any atom is 0.376 e. The van der Waals surface area contributed by atoms with Crippen LogP contribution in [0.25, 0.3) is 21.1 Å². The molecule has 1 aromatic carbocycles. The number of benzene rings is 1. The number of aromatic nitrogens is 3. The number of halogens is 1.